The third-order valence-electron chi connectivity index (χ3n) is 1.48. The maximum Gasteiger partial charge on any atom is 0.220 e. The molecule has 1 rings (SSSR count). The fraction of sp³-hybridized carbons (Fsp3) is 0.286. The predicted octanol–water partition coefficient (Wildman–Crippen LogP) is 0.414. The number of nitrogen functional groups attached to an aromatic ring is 1. The fourth-order valence-corrected chi connectivity index (χ4v) is 0.918. The molecular weight excluding hydrogens is 172 g/mol. The van der Waals surface area contributed by atoms with Gasteiger partial charge in [0.1, 0.15) is 0 Å². The molecule has 0 fully saturated rings. The van der Waals surface area contributed by atoms with Crippen molar-refractivity contribution in [1.29, 1.82) is 0 Å². The Hall–Kier alpha value is -1.23. The summed E-state index contributed by atoms with van der Waals surface area (Å²) < 4.78 is 0. The Morgan fingerprint density at radius 2 is 2.50 bits per heavy atom. The summed E-state index contributed by atoms with van der Waals surface area (Å²) in [7, 11) is 0. The van der Waals surface area contributed by atoms with Crippen molar-refractivity contribution in [2.75, 3.05) is 5.73 Å². The summed E-state index contributed by atoms with van der Waals surface area (Å²) in [6.45, 7) is 2.54. The third-order valence-corrected chi connectivity index (χ3v) is 1.64. The molecule has 1 aromatic rings. The van der Waals surface area contributed by atoms with Gasteiger partial charge in [-0.1, -0.05) is 12.2 Å². The number of nitrogens with two attached hydrogens (primary N) is 1. The minimum Gasteiger partial charge on any atom is -0.378 e. The van der Waals surface area contributed by atoms with E-state index in [1.54, 1.807) is 6.20 Å². The number of aryl methyl sites for hydroxylation is 1. The number of nitrogens with one attached hydrogen (secondary N) is 1. The summed E-state index contributed by atoms with van der Waals surface area (Å²) >= 11 is 4.62. The van der Waals surface area contributed by atoms with Crippen LogP contribution in [0.15, 0.2) is 6.20 Å². The Bertz CT molecular complexity index is 287. The van der Waals surface area contributed by atoms with E-state index in [1.807, 2.05) is 6.92 Å². The van der Waals surface area contributed by atoms with E-state index in [4.69, 9.17) is 5.73 Å². The van der Waals surface area contributed by atoms with Crippen molar-refractivity contribution in [3.05, 3.63) is 17.5 Å². The minimum absolute atomic E-state index is 0.304. The Balaban J connectivity index is 2.78. The van der Waals surface area contributed by atoms with Crippen molar-refractivity contribution in [2.24, 2.45) is 0 Å². The van der Waals surface area contributed by atoms with Gasteiger partial charge in [0.25, 0.3) is 0 Å². The lowest BCUT2D eigenvalue weighted by molar-refractivity contribution is 0.899. The SMILES string of the molecule is Cc1nc(N)ncc1CNC=S. The zero-order valence-corrected chi connectivity index (χ0v) is 7.56. The first-order valence-electron chi connectivity index (χ1n) is 3.49. The molecule has 4 nitrogen and oxygen atoms in total. The second-order valence-electron chi connectivity index (χ2n) is 2.34. The summed E-state index contributed by atoms with van der Waals surface area (Å²) in [5, 5.41) is 2.89. The lowest BCUT2D eigenvalue weighted by Gasteiger charge is -2.03. The van der Waals surface area contributed by atoms with Gasteiger partial charge in [-0.3, -0.25) is 0 Å². The summed E-state index contributed by atoms with van der Waals surface area (Å²) in [6, 6.07) is 0. The van der Waals surface area contributed by atoms with Crippen LogP contribution in [0.5, 0.6) is 0 Å². The van der Waals surface area contributed by atoms with Crippen LogP contribution >= 0.6 is 12.2 Å². The second kappa shape index (κ2) is 3.96. The minimum atomic E-state index is 0.304. The molecule has 0 amide bonds. The average molecular weight is 182 g/mol. The lowest BCUT2D eigenvalue weighted by atomic mass is 10.2. The van der Waals surface area contributed by atoms with E-state index >= 15 is 0 Å². The zero-order chi connectivity index (χ0) is 8.97. The highest BCUT2D eigenvalue weighted by Crippen LogP contribution is 2.03. The van der Waals surface area contributed by atoms with E-state index in [2.05, 4.69) is 27.5 Å². The number of anilines is 1. The van der Waals surface area contributed by atoms with E-state index in [-0.39, 0.29) is 0 Å². The van der Waals surface area contributed by atoms with Crippen LogP contribution in [-0.2, 0) is 6.54 Å². The van der Waals surface area contributed by atoms with Crippen LogP contribution in [0.4, 0.5) is 5.95 Å². The quantitative estimate of drug-likeness (QED) is 0.663. The maximum atomic E-state index is 5.39. The lowest BCUT2D eigenvalue weighted by Crippen LogP contribution is -2.11. The molecule has 0 unspecified atom stereocenters. The van der Waals surface area contributed by atoms with Gasteiger partial charge in [0.2, 0.25) is 5.95 Å². The molecule has 0 aliphatic rings. The first-order valence-corrected chi connectivity index (χ1v) is 3.96. The standard InChI is InChI=1S/C7H10N4S/c1-5-6(2-9-4-12)3-10-7(8)11-5/h3-4H,2H2,1H3,(H,9,12)(H2,8,10,11). The number of rotatable bonds is 3. The summed E-state index contributed by atoms with van der Waals surface area (Å²) in [5.41, 5.74) is 8.74. The molecule has 0 saturated carbocycles. The van der Waals surface area contributed by atoms with Crippen LogP contribution < -0.4 is 11.1 Å². The highest BCUT2D eigenvalue weighted by molar-refractivity contribution is 7.78. The van der Waals surface area contributed by atoms with E-state index in [0.717, 1.165) is 11.3 Å². The normalized spacial score (nSPS) is 9.42. The number of nitrogens with zero attached hydrogens (tertiary/aromatic N) is 2. The average Bonchev–Trinajstić information content (AvgIpc) is 2.03. The summed E-state index contributed by atoms with van der Waals surface area (Å²) in [6.07, 6.45) is 1.70. The van der Waals surface area contributed by atoms with Gasteiger partial charge in [0, 0.05) is 24.0 Å². The van der Waals surface area contributed by atoms with Gasteiger partial charge in [-0.25, -0.2) is 9.97 Å². The van der Waals surface area contributed by atoms with E-state index < -0.39 is 0 Å². The van der Waals surface area contributed by atoms with Crippen molar-refractivity contribution < 1.29 is 0 Å². The molecule has 0 saturated heterocycles. The molecule has 64 valence electrons. The number of aromatic nitrogens is 2. The van der Waals surface area contributed by atoms with Crippen LogP contribution in [0.25, 0.3) is 0 Å². The van der Waals surface area contributed by atoms with Crippen molar-refractivity contribution in [3.63, 3.8) is 0 Å². The molecule has 3 N–H and O–H groups in total. The fourth-order valence-electron chi connectivity index (χ4n) is 0.835. The van der Waals surface area contributed by atoms with Gasteiger partial charge in [-0.05, 0) is 6.92 Å². The van der Waals surface area contributed by atoms with Crippen molar-refractivity contribution in [3.8, 4) is 0 Å². The summed E-state index contributed by atoms with van der Waals surface area (Å²) in [4.78, 5) is 7.88. The topological polar surface area (TPSA) is 63.8 Å². The molecule has 0 spiro atoms. The molecular formula is C7H10N4S. The largest absolute Gasteiger partial charge is 0.378 e. The van der Waals surface area contributed by atoms with Gasteiger partial charge in [-0.15, -0.1) is 0 Å². The van der Waals surface area contributed by atoms with Gasteiger partial charge in [0.15, 0.2) is 0 Å². The van der Waals surface area contributed by atoms with Crippen LogP contribution in [0, 0.1) is 6.92 Å². The summed E-state index contributed by atoms with van der Waals surface area (Å²) in [5.74, 6) is 0.304. The molecule has 0 aliphatic heterocycles. The maximum absolute atomic E-state index is 5.39. The smallest absolute Gasteiger partial charge is 0.220 e. The van der Waals surface area contributed by atoms with Crippen LogP contribution in [0.2, 0.25) is 0 Å². The number of hydrogen-bond acceptors (Lipinski definition) is 4. The van der Waals surface area contributed by atoms with Crippen LogP contribution in [0.3, 0.4) is 0 Å². The van der Waals surface area contributed by atoms with Gasteiger partial charge < -0.3 is 11.1 Å². The molecule has 0 atom stereocenters. The molecule has 1 aromatic heterocycles. The number of thiocarbonyl (C=S) groups is 1. The van der Waals surface area contributed by atoms with Gasteiger partial charge >= 0.3 is 0 Å². The second-order valence-corrected chi connectivity index (χ2v) is 2.57. The van der Waals surface area contributed by atoms with E-state index in [0.29, 0.717) is 12.5 Å². The van der Waals surface area contributed by atoms with Gasteiger partial charge in [-0.2, -0.15) is 0 Å². The first-order chi connectivity index (χ1) is 5.74. The monoisotopic (exact) mass is 182 g/mol. The predicted molar refractivity (Wildman–Crippen MR) is 51.7 cm³/mol. The van der Waals surface area contributed by atoms with Crippen molar-refractivity contribution in [2.45, 2.75) is 13.5 Å². The first kappa shape index (κ1) is 8.86. The Morgan fingerprint density at radius 1 is 1.75 bits per heavy atom. The zero-order valence-electron chi connectivity index (χ0n) is 6.74. The molecule has 12 heavy (non-hydrogen) atoms. The molecule has 0 aliphatic carbocycles. The Labute approximate surface area is 76.2 Å². The number of hydrogen-bond donors (Lipinski definition) is 2. The molecule has 0 aromatic carbocycles. The molecule has 0 bridgehead atoms. The molecule has 5 heteroatoms. The third kappa shape index (κ3) is 2.13. The highest BCUT2D eigenvalue weighted by atomic mass is 32.1. The Kier molecular flexibility index (Phi) is 2.93. The van der Waals surface area contributed by atoms with Crippen molar-refractivity contribution in [1.82, 2.24) is 15.3 Å². The van der Waals surface area contributed by atoms with Crippen LogP contribution in [-0.4, -0.2) is 15.5 Å². The van der Waals surface area contributed by atoms with Crippen molar-refractivity contribution >= 4 is 23.7 Å². The molecule has 0 radical (unpaired) electrons. The van der Waals surface area contributed by atoms with Crippen LogP contribution in [0.1, 0.15) is 11.3 Å². The Morgan fingerprint density at radius 3 is 3.08 bits per heavy atom. The van der Waals surface area contributed by atoms with Gasteiger partial charge in [0.05, 0.1) is 5.49 Å². The van der Waals surface area contributed by atoms with E-state index in [1.165, 1.54) is 5.49 Å². The van der Waals surface area contributed by atoms with E-state index in [9.17, 15) is 0 Å². The molecule has 1 heterocycles. The highest BCUT2D eigenvalue weighted by Gasteiger charge is 1.98.